The maximum absolute atomic E-state index is 12.0. The molecule has 2 rings (SSSR count). The lowest BCUT2D eigenvalue weighted by molar-refractivity contribution is -0.136. The zero-order valence-corrected chi connectivity index (χ0v) is 14.1. The predicted octanol–water partition coefficient (Wildman–Crippen LogP) is 1.07. The second-order valence-electron chi connectivity index (χ2n) is 5.17. The normalized spacial score (nSPS) is 16.8. The third-order valence-electron chi connectivity index (χ3n) is 3.52. The molecule has 122 valence electrons. The van der Waals surface area contributed by atoms with Crippen LogP contribution in [0.25, 0.3) is 0 Å². The molecule has 1 fully saturated rings. The number of rotatable bonds is 4. The summed E-state index contributed by atoms with van der Waals surface area (Å²) in [5.41, 5.74) is 6.44. The average molecular weight is 339 g/mol. The number of halogens is 2. The molecule has 2 N–H and O–H groups in total. The summed E-state index contributed by atoms with van der Waals surface area (Å²) in [5.74, 6) is 0.966. The summed E-state index contributed by atoms with van der Waals surface area (Å²) in [7, 11) is 0. The van der Waals surface area contributed by atoms with Gasteiger partial charge in [-0.15, -0.1) is 24.8 Å². The van der Waals surface area contributed by atoms with Gasteiger partial charge in [0.15, 0.2) is 5.76 Å². The average Bonchev–Trinajstić information content (AvgIpc) is 2.83. The number of nitrogens with zero attached hydrogens (tertiary/aromatic N) is 3. The lowest BCUT2D eigenvalue weighted by Gasteiger charge is -2.35. The molecular weight excluding hydrogens is 315 g/mol. The van der Waals surface area contributed by atoms with Crippen LogP contribution in [0.3, 0.4) is 0 Å². The molecule has 1 amide bonds. The molecule has 2 heterocycles. The Morgan fingerprint density at radius 1 is 1.38 bits per heavy atom. The van der Waals surface area contributed by atoms with E-state index in [4.69, 9.17) is 10.3 Å². The zero-order chi connectivity index (χ0) is 13.8. The maximum atomic E-state index is 12.0. The van der Waals surface area contributed by atoms with Gasteiger partial charge < -0.3 is 15.2 Å². The van der Waals surface area contributed by atoms with Crippen molar-refractivity contribution in [2.24, 2.45) is 11.7 Å². The first-order valence-electron chi connectivity index (χ1n) is 6.73. The minimum Gasteiger partial charge on any atom is -0.360 e. The Morgan fingerprint density at radius 2 is 2.00 bits per heavy atom. The first kappa shape index (κ1) is 20.2. The molecule has 0 bridgehead atoms. The lowest BCUT2D eigenvalue weighted by Crippen LogP contribution is -2.50. The van der Waals surface area contributed by atoms with Crippen molar-refractivity contribution in [1.29, 1.82) is 0 Å². The Bertz CT molecular complexity index is 434. The van der Waals surface area contributed by atoms with Gasteiger partial charge in [-0.05, 0) is 6.92 Å². The first-order chi connectivity index (χ1) is 9.10. The zero-order valence-electron chi connectivity index (χ0n) is 12.4. The van der Waals surface area contributed by atoms with E-state index in [0.717, 1.165) is 44.2 Å². The topological polar surface area (TPSA) is 75.6 Å². The van der Waals surface area contributed by atoms with Gasteiger partial charge in [-0.2, -0.15) is 0 Å². The number of piperazine rings is 1. The van der Waals surface area contributed by atoms with E-state index < -0.39 is 0 Å². The highest BCUT2D eigenvalue weighted by molar-refractivity contribution is 5.85. The molecule has 8 heteroatoms. The summed E-state index contributed by atoms with van der Waals surface area (Å²) in [6, 6.07) is 1.95. The highest BCUT2D eigenvalue weighted by Crippen LogP contribution is 2.11. The fourth-order valence-electron chi connectivity index (χ4n) is 2.25. The van der Waals surface area contributed by atoms with Crippen molar-refractivity contribution in [3.63, 3.8) is 0 Å². The summed E-state index contributed by atoms with van der Waals surface area (Å²) in [6.45, 7) is 8.22. The molecule has 0 spiro atoms. The van der Waals surface area contributed by atoms with Crippen LogP contribution in [-0.2, 0) is 11.3 Å². The van der Waals surface area contributed by atoms with E-state index in [1.54, 1.807) is 0 Å². The fraction of sp³-hybridized carbons (Fsp3) is 0.692. The van der Waals surface area contributed by atoms with Crippen molar-refractivity contribution < 1.29 is 9.32 Å². The van der Waals surface area contributed by atoms with Gasteiger partial charge in [-0.3, -0.25) is 9.69 Å². The van der Waals surface area contributed by atoms with Gasteiger partial charge in [-0.25, -0.2) is 0 Å². The van der Waals surface area contributed by atoms with E-state index in [9.17, 15) is 4.79 Å². The second kappa shape index (κ2) is 9.25. The summed E-state index contributed by atoms with van der Waals surface area (Å²) < 4.78 is 5.21. The summed E-state index contributed by atoms with van der Waals surface area (Å²) in [6.07, 6.45) is 0. The van der Waals surface area contributed by atoms with Crippen LogP contribution in [-0.4, -0.2) is 53.6 Å². The quantitative estimate of drug-likeness (QED) is 0.888. The smallest absolute Gasteiger partial charge is 0.226 e. The first-order valence-corrected chi connectivity index (χ1v) is 6.73. The molecule has 6 nitrogen and oxygen atoms in total. The standard InChI is InChI=1S/C13H22N4O2.2ClH/c1-10(8-14)13(18)17-5-3-16(4-6-17)9-12-7-11(2)15-19-12;;/h7,10H,3-6,8-9,14H2,1-2H3;2*1H. The molecule has 1 aromatic rings. The van der Waals surface area contributed by atoms with Gasteiger partial charge >= 0.3 is 0 Å². The summed E-state index contributed by atoms with van der Waals surface area (Å²) in [4.78, 5) is 16.2. The molecule has 0 radical (unpaired) electrons. The molecule has 0 aliphatic carbocycles. The Labute approximate surface area is 137 Å². The largest absolute Gasteiger partial charge is 0.360 e. The number of aryl methyl sites for hydroxylation is 1. The Kier molecular flexibility index (Phi) is 8.89. The Hall–Kier alpha value is -0.820. The van der Waals surface area contributed by atoms with Gasteiger partial charge in [0.25, 0.3) is 0 Å². The third kappa shape index (κ3) is 5.47. The van der Waals surface area contributed by atoms with Crippen LogP contribution in [0, 0.1) is 12.8 Å². The van der Waals surface area contributed by atoms with Crippen LogP contribution in [0.5, 0.6) is 0 Å². The Morgan fingerprint density at radius 3 is 2.48 bits per heavy atom. The molecule has 0 saturated carbocycles. The van der Waals surface area contributed by atoms with Crippen LogP contribution in [0.1, 0.15) is 18.4 Å². The van der Waals surface area contributed by atoms with E-state index in [2.05, 4.69) is 10.1 Å². The van der Waals surface area contributed by atoms with Crippen LogP contribution in [0.15, 0.2) is 10.6 Å². The van der Waals surface area contributed by atoms with Gasteiger partial charge in [0, 0.05) is 44.7 Å². The van der Waals surface area contributed by atoms with Gasteiger partial charge in [0.05, 0.1) is 12.2 Å². The van der Waals surface area contributed by atoms with E-state index >= 15 is 0 Å². The number of hydrogen-bond acceptors (Lipinski definition) is 5. The molecule has 1 aliphatic heterocycles. The minimum atomic E-state index is -0.0801. The van der Waals surface area contributed by atoms with Crippen molar-refractivity contribution in [3.8, 4) is 0 Å². The van der Waals surface area contributed by atoms with Gasteiger partial charge in [0.1, 0.15) is 0 Å². The lowest BCUT2D eigenvalue weighted by atomic mass is 10.1. The maximum Gasteiger partial charge on any atom is 0.226 e. The fourth-order valence-corrected chi connectivity index (χ4v) is 2.25. The second-order valence-corrected chi connectivity index (χ2v) is 5.17. The van der Waals surface area contributed by atoms with Crippen LogP contribution in [0.4, 0.5) is 0 Å². The number of aromatic nitrogens is 1. The van der Waals surface area contributed by atoms with Crippen molar-refractivity contribution in [2.45, 2.75) is 20.4 Å². The molecule has 1 atom stereocenters. The molecule has 1 saturated heterocycles. The van der Waals surface area contributed by atoms with Crippen molar-refractivity contribution in [3.05, 3.63) is 17.5 Å². The molecular formula is C13H24Cl2N4O2. The van der Waals surface area contributed by atoms with Crippen LogP contribution >= 0.6 is 24.8 Å². The SMILES string of the molecule is Cc1cc(CN2CCN(C(=O)C(C)CN)CC2)on1.Cl.Cl. The molecule has 1 aliphatic rings. The predicted molar refractivity (Wildman–Crippen MR) is 85.8 cm³/mol. The molecule has 21 heavy (non-hydrogen) atoms. The summed E-state index contributed by atoms with van der Waals surface area (Å²) in [5, 5.41) is 3.88. The number of carbonyl (C=O) groups excluding carboxylic acids is 1. The highest BCUT2D eigenvalue weighted by atomic mass is 35.5. The number of amides is 1. The number of carbonyl (C=O) groups is 1. The minimum absolute atomic E-state index is 0. The van der Waals surface area contributed by atoms with Crippen molar-refractivity contribution in [1.82, 2.24) is 15.0 Å². The van der Waals surface area contributed by atoms with Crippen molar-refractivity contribution >= 4 is 30.7 Å². The van der Waals surface area contributed by atoms with Crippen LogP contribution < -0.4 is 5.73 Å². The van der Waals surface area contributed by atoms with E-state index in [0.29, 0.717) is 6.54 Å². The molecule has 1 aromatic heterocycles. The van der Waals surface area contributed by atoms with E-state index in [1.807, 2.05) is 24.8 Å². The van der Waals surface area contributed by atoms with Gasteiger partial charge in [-0.1, -0.05) is 12.1 Å². The number of nitrogens with two attached hydrogens (primary N) is 1. The number of hydrogen-bond donors (Lipinski definition) is 1. The molecule has 0 aromatic carbocycles. The van der Waals surface area contributed by atoms with Crippen LogP contribution in [0.2, 0.25) is 0 Å². The van der Waals surface area contributed by atoms with Crippen molar-refractivity contribution in [2.75, 3.05) is 32.7 Å². The summed E-state index contributed by atoms with van der Waals surface area (Å²) >= 11 is 0. The van der Waals surface area contributed by atoms with E-state index in [-0.39, 0.29) is 36.6 Å². The highest BCUT2D eigenvalue weighted by Gasteiger charge is 2.24. The third-order valence-corrected chi connectivity index (χ3v) is 3.52. The van der Waals surface area contributed by atoms with Gasteiger partial charge in [0.2, 0.25) is 5.91 Å². The molecule has 1 unspecified atom stereocenters. The monoisotopic (exact) mass is 338 g/mol. The Balaban J connectivity index is 0.00000200. The van der Waals surface area contributed by atoms with E-state index in [1.165, 1.54) is 0 Å².